The Morgan fingerprint density at radius 3 is 3.00 bits per heavy atom. The lowest BCUT2D eigenvalue weighted by molar-refractivity contribution is -0.120. The number of amidine groups is 1. The number of benzene rings is 1. The van der Waals surface area contributed by atoms with Gasteiger partial charge in [-0.1, -0.05) is 29.8 Å². The molecule has 3 aliphatic rings. The van der Waals surface area contributed by atoms with Gasteiger partial charge in [0.05, 0.1) is 17.8 Å². The van der Waals surface area contributed by atoms with Gasteiger partial charge in [-0.25, -0.2) is 4.39 Å². The highest BCUT2D eigenvalue weighted by Gasteiger charge is 2.43. The van der Waals surface area contributed by atoms with E-state index in [1.165, 1.54) is 17.0 Å². The molecular formula is C18H17ClFN3O. The summed E-state index contributed by atoms with van der Waals surface area (Å²) in [5.41, 5.74) is 0.491. The molecule has 4 nitrogen and oxygen atoms in total. The van der Waals surface area contributed by atoms with Gasteiger partial charge in [-0.2, -0.15) is 0 Å². The largest absolute Gasteiger partial charge is 0.307 e. The Bertz CT molecular complexity index is 767. The lowest BCUT2D eigenvalue weighted by Gasteiger charge is -2.38. The quantitative estimate of drug-likeness (QED) is 0.895. The van der Waals surface area contributed by atoms with E-state index < -0.39 is 5.92 Å². The van der Waals surface area contributed by atoms with Crippen molar-refractivity contribution < 1.29 is 9.18 Å². The van der Waals surface area contributed by atoms with E-state index in [-0.39, 0.29) is 23.8 Å². The predicted octanol–water partition coefficient (Wildman–Crippen LogP) is 3.00. The van der Waals surface area contributed by atoms with E-state index in [1.54, 1.807) is 18.2 Å². The van der Waals surface area contributed by atoms with Gasteiger partial charge in [0.2, 0.25) is 5.91 Å². The fourth-order valence-corrected chi connectivity index (χ4v) is 3.80. The Morgan fingerprint density at radius 1 is 1.38 bits per heavy atom. The molecule has 1 saturated heterocycles. The van der Waals surface area contributed by atoms with E-state index >= 15 is 0 Å². The van der Waals surface area contributed by atoms with Crippen molar-refractivity contribution in [3.63, 3.8) is 0 Å². The number of hydrogen-bond acceptors (Lipinski definition) is 3. The Hall–Kier alpha value is -1.98. The van der Waals surface area contributed by atoms with Crippen LogP contribution in [0, 0.1) is 11.7 Å². The van der Waals surface area contributed by atoms with Crippen LogP contribution in [0.15, 0.2) is 52.5 Å². The first-order valence-corrected chi connectivity index (χ1v) is 8.47. The molecule has 0 radical (unpaired) electrons. The van der Waals surface area contributed by atoms with Gasteiger partial charge >= 0.3 is 0 Å². The molecule has 1 aliphatic carbocycles. The maximum absolute atomic E-state index is 13.7. The maximum Gasteiger partial charge on any atom is 0.243 e. The second kappa shape index (κ2) is 6.15. The molecule has 124 valence electrons. The molecule has 4 rings (SSSR count). The summed E-state index contributed by atoms with van der Waals surface area (Å²) >= 11 is 6.28. The summed E-state index contributed by atoms with van der Waals surface area (Å²) in [6, 6.07) is 5.75. The molecule has 24 heavy (non-hydrogen) atoms. The lowest BCUT2D eigenvalue weighted by Crippen LogP contribution is -2.55. The molecule has 1 aromatic rings. The van der Waals surface area contributed by atoms with Crippen LogP contribution >= 0.6 is 11.6 Å². The standard InChI is InChI=1S/C18H17ClFN3O/c19-13-6-2-7-14-16(13)18(24)23(12-5-1-4-11(20)10-12)17(22-14)15-8-3-9-21-15/h1-2,4-7,10,14-16,21H,3,8-9H2. The summed E-state index contributed by atoms with van der Waals surface area (Å²) in [5, 5.41) is 3.85. The Kier molecular flexibility index (Phi) is 3.98. The molecule has 3 unspecified atom stereocenters. The molecule has 1 aromatic carbocycles. The number of nitrogens with zero attached hydrogens (tertiary/aromatic N) is 2. The van der Waals surface area contributed by atoms with Gasteiger partial charge in [0, 0.05) is 5.03 Å². The molecule has 0 spiro atoms. The third kappa shape index (κ3) is 2.58. The first-order valence-electron chi connectivity index (χ1n) is 8.09. The normalized spacial score (nSPS) is 29.3. The molecule has 3 atom stereocenters. The number of nitrogens with one attached hydrogen (secondary N) is 1. The summed E-state index contributed by atoms with van der Waals surface area (Å²) in [6.07, 6.45) is 7.38. The van der Waals surface area contributed by atoms with Crippen molar-refractivity contribution in [3.8, 4) is 0 Å². The van der Waals surface area contributed by atoms with E-state index in [9.17, 15) is 9.18 Å². The lowest BCUT2D eigenvalue weighted by atomic mass is 9.90. The number of hydrogen-bond donors (Lipinski definition) is 1. The number of rotatable bonds is 2. The van der Waals surface area contributed by atoms with Gasteiger partial charge in [-0.3, -0.25) is 14.7 Å². The van der Waals surface area contributed by atoms with Crippen LogP contribution in [-0.2, 0) is 4.79 Å². The van der Waals surface area contributed by atoms with Crippen LogP contribution in [0.4, 0.5) is 10.1 Å². The molecule has 0 aromatic heterocycles. The van der Waals surface area contributed by atoms with Crippen molar-refractivity contribution in [1.29, 1.82) is 0 Å². The minimum absolute atomic E-state index is 0.00347. The van der Waals surface area contributed by atoms with Crippen molar-refractivity contribution in [3.05, 3.63) is 53.3 Å². The van der Waals surface area contributed by atoms with Crippen molar-refractivity contribution in [2.45, 2.75) is 24.9 Å². The van der Waals surface area contributed by atoms with Crippen LogP contribution in [0.3, 0.4) is 0 Å². The third-order valence-electron chi connectivity index (χ3n) is 4.64. The molecule has 1 fully saturated rings. The van der Waals surface area contributed by atoms with Gasteiger partial charge in [0.15, 0.2) is 0 Å². The highest BCUT2D eigenvalue weighted by Crippen LogP contribution is 2.35. The average molecular weight is 346 g/mol. The highest BCUT2D eigenvalue weighted by molar-refractivity contribution is 6.34. The highest BCUT2D eigenvalue weighted by atomic mass is 35.5. The number of anilines is 1. The molecular weight excluding hydrogens is 329 g/mol. The van der Waals surface area contributed by atoms with Crippen LogP contribution in [0.2, 0.25) is 0 Å². The summed E-state index contributed by atoms with van der Waals surface area (Å²) in [7, 11) is 0. The smallest absolute Gasteiger partial charge is 0.243 e. The summed E-state index contributed by atoms with van der Waals surface area (Å²) < 4.78 is 13.7. The molecule has 6 heteroatoms. The van der Waals surface area contributed by atoms with Crippen molar-refractivity contribution in [1.82, 2.24) is 5.32 Å². The van der Waals surface area contributed by atoms with Gasteiger partial charge < -0.3 is 5.32 Å². The van der Waals surface area contributed by atoms with Gasteiger partial charge in [-0.15, -0.1) is 0 Å². The number of amides is 1. The van der Waals surface area contributed by atoms with Gasteiger partial charge in [-0.05, 0) is 43.7 Å². The molecule has 0 bridgehead atoms. The topological polar surface area (TPSA) is 44.7 Å². The first-order chi connectivity index (χ1) is 11.6. The second-order valence-corrected chi connectivity index (χ2v) is 6.63. The van der Waals surface area contributed by atoms with Crippen LogP contribution in [-0.4, -0.2) is 30.4 Å². The summed E-state index contributed by atoms with van der Waals surface area (Å²) in [5.74, 6) is -0.424. The minimum Gasteiger partial charge on any atom is -0.307 e. The van der Waals surface area contributed by atoms with Crippen molar-refractivity contribution >= 4 is 29.0 Å². The van der Waals surface area contributed by atoms with E-state index in [0.29, 0.717) is 16.6 Å². The van der Waals surface area contributed by atoms with E-state index in [4.69, 9.17) is 16.6 Å². The number of allylic oxidation sites excluding steroid dienone is 2. The second-order valence-electron chi connectivity index (χ2n) is 6.19. The molecule has 1 N–H and O–H groups in total. The Morgan fingerprint density at radius 2 is 2.25 bits per heavy atom. The Balaban J connectivity index is 1.82. The van der Waals surface area contributed by atoms with Crippen molar-refractivity contribution in [2.24, 2.45) is 10.9 Å². The van der Waals surface area contributed by atoms with Crippen LogP contribution in [0.25, 0.3) is 0 Å². The average Bonchev–Trinajstić information content (AvgIpc) is 3.09. The zero-order chi connectivity index (χ0) is 16.7. The summed E-state index contributed by atoms with van der Waals surface area (Å²) in [4.78, 5) is 19.5. The fourth-order valence-electron chi connectivity index (χ4n) is 3.51. The van der Waals surface area contributed by atoms with E-state index in [2.05, 4.69) is 5.32 Å². The molecule has 1 amide bonds. The zero-order valence-electron chi connectivity index (χ0n) is 13.0. The SMILES string of the molecule is O=C1C2C(Cl)=CC=CC2N=C(C2CCCN2)N1c1cccc(F)c1. The number of aliphatic imine (C=N–C) groups is 1. The number of carbonyl (C=O) groups is 1. The van der Waals surface area contributed by atoms with E-state index in [0.717, 1.165) is 19.4 Å². The monoisotopic (exact) mass is 345 g/mol. The fraction of sp³-hybridized carbons (Fsp3) is 0.333. The molecule has 0 saturated carbocycles. The van der Waals surface area contributed by atoms with Crippen LogP contribution in [0.5, 0.6) is 0 Å². The van der Waals surface area contributed by atoms with Gasteiger partial charge in [0.1, 0.15) is 17.6 Å². The summed E-state index contributed by atoms with van der Waals surface area (Å²) in [6.45, 7) is 0.888. The third-order valence-corrected chi connectivity index (χ3v) is 5.00. The van der Waals surface area contributed by atoms with Gasteiger partial charge in [0.25, 0.3) is 0 Å². The minimum atomic E-state index is -0.537. The Labute approximate surface area is 144 Å². The van der Waals surface area contributed by atoms with Crippen LogP contribution < -0.4 is 10.2 Å². The van der Waals surface area contributed by atoms with Crippen LogP contribution in [0.1, 0.15) is 12.8 Å². The molecule has 2 heterocycles. The first kappa shape index (κ1) is 15.5. The number of carbonyl (C=O) groups excluding carboxylic acids is 1. The van der Waals surface area contributed by atoms with Crippen molar-refractivity contribution in [2.75, 3.05) is 11.4 Å². The van der Waals surface area contributed by atoms with E-state index in [1.807, 2.05) is 12.2 Å². The number of halogens is 2. The number of fused-ring (bicyclic) bond motifs is 1. The molecule has 2 aliphatic heterocycles. The maximum atomic E-state index is 13.7. The predicted molar refractivity (Wildman–Crippen MR) is 92.7 cm³/mol. The zero-order valence-corrected chi connectivity index (χ0v) is 13.7.